The summed E-state index contributed by atoms with van der Waals surface area (Å²) in [5.41, 5.74) is 2.37. The third-order valence-corrected chi connectivity index (χ3v) is 4.97. The largest absolute Gasteiger partial charge is 0.497 e. The summed E-state index contributed by atoms with van der Waals surface area (Å²) in [4.78, 5) is 29.3. The van der Waals surface area contributed by atoms with Crippen molar-refractivity contribution < 1.29 is 9.53 Å². The van der Waals surface area contributed by atoms with Crippen LogP contribution in [-0.2, 0) is 17.9 Å². The van der Waals surface area contributed by atoms with E-state index in [-0.39, 0.29) is 18.0 Å². The van der Waals surface area contributed by atoms with Gasteiger partial charge in [-0.3, -0.25) is 14.2 Å². The predicted octanol–water partition coefficient (Wildman–Crippen LogP) is 3.18. The molecule has 0 atom stereocenters. The number of benzene rings is 3. The third-order valence-electron chi connectivity index (χ3n) is 4.97. The number of methoxy groups -OCH3 is 1. The van der Waals surface area contributed by atoms with Crippen molar-refractivity contribution in [2.45, 2.75) is 20.0 Å². The summed E-state index contributed by atoms with van der Waals surface area (Å²) >= 11 is 0. The summed E-state index contributed by atoms with van der Waals surface area (Å²) in [6, 6.07) is 17.3. The molecule has 29 heavy (non-hydrogen) atoms. The third kappa shape index (κ3) is 3.82. The molecule has 6 nitrogen and oxygen atoms in total. The fraction of sp³-hybridized carbons (Fsp3) is 0.174. The maximum absolute atomic E-state index is 12.6. The molecular weight excluding hydrogens is 366 g/mol. The number of carbonyl (C=O) groups excluding carboxylic acids is 1. The average molecular weight is 387 g/mol. The highest BCUT2D eigenvalue weighted by Crippen LogP contribution is 2.21. The van der Waals surface area contributed by atoms with Gasteiger partial charge in [-0.25, -0.2) is 4.98 Å². The summed E-state index contributed by atoms with van der Waals surface area (Å²) in [6.45, 7) is 2.22. The monoisotopic (exact) mass is 387 g/mol. The van der Waals surface area contributed by atoms with Crippen LogP contribution in [0.2, 0.25) is 0 Å². The average Bonchev–Trinajstić information content (AvgIpc) is 2.74. The number of carbonyl (C=O) groups is 1. The highest BCUT2D eigenvalue weighted by Gasteiger charge is 2.09. The number of fused-ring (bicyclic) bond motifs is 2. The maximum atomic E-state index is 12.6. The van der Waals surface area contributed by atoms with Crippen molar-refractivity contribution in [1.29, 1.82) is 0 Å². The molecule has 1 amide bonds. The van der Waals surface area contributed by atoms with E-state index >= 15 is 0 Å². The van der Waals surface area contributed by atoms with Gasteiger partial charge in [0.25, 0.3) is 5.56 Å². The first-order chi connectivity index (χ1) is 14.0. The minimum atomic E-state index is -0.240. The molecule has 0 aliphatic heterocycles. The van der Waals surface area contributed by atoms with Gasteiger partial charge in [-0.1, -0.05) is 30.3 Å². The van der Waals surface area contributed by atoms with Gasteiger partial charge in [0.1, 0.15) is 12.3 Å². The molecule has 4 rings (SSSR count). The second-order valence-electron chi connectivity index (χ2n) is 6.97. The molecule has 0 aliphatic rings. The highest BCUT2D eigenvalue weighted by molar-refractivity contribution is 5.85. The molecule has 0 spiro atoms. The molecule has 0 bridgehead atoms. The molecule has 4 aromatic rings. The maximum Gasteiger partial charge on any atom is 0.261 e. The predicted molar refractivity (Wildman–Crippen MR) is 113 cm³/mol. The van der Waals surface area contributed by atoms with Crippen molar-refractivity contribution in [3.05, 3.63) is 82.4 Å². The molecule has 146 valence electrons. The van der Waals surface area contributed by atoms with Crippen molar-refractivity contribution in [1.82, 2.24) is 14.9 Å². The number of hydrogen-bond donors (Lipinski definition) is 1. The van der Waals surface area contributed by atoms with Gasteiger partial charge in [-0.15, -0.1) is 0 Å². The lowest BCUT2D eigenvalue weighted by Gasteiger charge is -2.10. The Morgan fingerprint density at radius 2 is 1.90 bits per heavy atom. The Balaban J connectivity index is 1.46. The molecule has 0 aliphatic carbocycles. The molecule has 0 radical (unpaired) electrons. The second-order valence-corrected chi connectivity index (χ2v) is 6.97. The lowest BCUT2D eigenvalue weighted by Crippen LogP contribution is -2.32. The first-order valence-electron chi connectivity index (χ1n) is 9.33. The van der Waals surface area contributed by atoms with Crippen LogP contribution in [-0.4, -0.2) is 22.6 Å². The molecule has 1 heterocycles. The zero-order chi connectivity index (χ0) is 20.4. The van der Waals surface area contributed by atoms with Crippen molar-refractivity contribution >= 4 is 27.6 Å². The van der Waals surface area contributed by atoms with Crippen LogP contribution in [0, 0.1) is 6.92 Å². The van der Waals surface area contributed by atoms with Gasteiger partial charge in [0, 0.05) is 6.54 Å². The Labute approximate surface area is 167 Å². The molecule has 0 unspecified atom stereocenters. The van der Waals surface area contributed by atoms with Crippen LogP contribution in [0.1, 0.15) is 11.1 Å². The van der Waals surface area contributed by atoms with Crippen LogP contribution in [0.25, 0.3) is 21.7 Å². The van der Waals surface area contributed by atoms with Crippen molar-refractivity contribution in [3.8, 4) is 5.75 Å². The van der Waals surface area contributed by atoms with Crippen LogP contribution in [0.15, 0.2) is 65.7 Å². The summed E-state index contributed by atoms with van der Waals surface area (Å²) in [5, 5.41) is 5.53. The summed E-state index contributed by atoms with van der Waals surface area (Å²) in [5.74, 6) is 0.568. The molecule has 1 N–H and O–H groups in total. The number of amides is 1. The van der Waals surface area contributed by atoms with Crippen LogP contribution in [0.3, 0.4) is 0 Å². The molecular formula is C23H21N3O3. The molecule has 0 saturated heterocycles. The first-order valence-corrected chi connectivity index (χ1v) is 9.33. The lowest BCUT2D eigenvalue weighted by atomic mass is 10.1. The number of aryl methyl sites for hydroxylation is 1. The molecule has 3 aromatic carbocycles. The molecule has 6 heteroatoms. The number of ether oxygens (including phenoxy) is 1. The SMILES string of the molecule is COc1ccc2cc(CNC(=O)Cn3cnc4c(C)cccc4c3=O)ccc2c1. The van der Waals surface area contributed by atoms with Gasteiger partial charge in [0.05, 0.1) is 24.3 Å². The summed E-state index contributed by atoms with van der Waals surface area (Å²) in [7, 11) is 1.64. The number of aromatic nitrogens is 2. The minimum absolute atomic E-state index is 0.0690. The van der Waals surface area contributed by atoms with E-state index < -0.39 is 0 Å². The zero-order valence-corrected chi connectivity index (χ0v) is 16.3. The fourth-order valence-corrected chi connectivity index (χ4v) is 3.37. The Morgan fingerprint density at radius 1 is 1.10 bits per heavy atom. The standard InChI is InChI=1S/C23H21N3O3/c1-15-4-3-5-20-22(15)25-14-26(23(20)28)13-21(27)24-12-16-6-7-18-11-19(29-2)9-8-17(18)10-16/h3-11,14H,12-13H2,1-2H3,(H,24,27). The van der Waals surface area contributed by atoms with E-state index in [1.54, 1.807) is 13.2 Å². The normalized spacial score (nSPS) is 11.0. The molecule has 1 aromatic heterocycles. The van der Waals surface area contributed by atoms with Gasteiger partial charge in [-0.05, 0) is 53.1 Å². The Bertz CT molecular complexity index is 1280. The van der Waals surface area contributed by atoms with Gasteiger partial charge >= 0.3 is 0 Å². The highest BCUT2D eigenvalue weighted by atomic mass is 16.5. The van der Waals surface area contributed by atoms with Crippen LogP contribution in [0.4, 0.5) is 0 Å². The smallest absolute Gasteiger partial charge is 0.261 e. The Morgan fingerprint density at radius 3 is 2.72 bits per heavy atom. The van der Waals surface area contributed by atoms with Crippen molar-refractivity contribution in [2.75, 3.05) is 7.11 Å². The van der Waals surface area contributed by atoms with Crippen molar-refractivity contribution in [3.63, 3.8) is 0 Å². The van der Waals surface area contributed by atoms with Gasteiger partial charge in [-0.2, -0.15) is 0 Å². The van der Waals surface area contributed by atoms with E-state index in [4.69, 9.17) is 4.74 Å². The van der Waals surface area contributed by atoms with Gasteiger partial charge in [0.15, 0.2) is 0 Å². The van der Waals surface area contributed by atoms with E-state index in [1.165, 1.54) is 10.9 Å². The van der Waals surface area contributed by atoms with E-state index in [9.17, 15) is 9.59 Å². The van der Waals surface area contributed by atoms with E-state index in [2.05, 4.69) is 10.3 Å². The Hall–Kier alpha value is -3.67. The molecule has 0 saturated carbocycles. The lowest BCUT2D eigenvalue weighted by molar-refractivity contribution is -0.121. The van der Waals surface area contributed by atoms with Gasteiger partial charge in [0.2, 0.25) is 5.91 Å². The van der Waals surface area contributed by atoms with E-state index in [0.29, 0.717) is 17.4 Å². The van der Waals surface area contributed by atoms with E-state index in [0.717, 1.165) is 27.6 Å². The van der Waals surface area contributed by atoms with Gasteiger partial charge < -0.3 is 10.1 Å². The van der Waals surface area contributed by atoms with Crippen LogP contribution < -0.4 is 15.6 Å². The number of hydrogen-bond acceptors (Lipinski definition) is 4. The summed E-state index contributed by atoms with van der Waals surface area (Å²) < 4.78 is 6.58. The molecule has 0 fully saturated rings. The van der Waals surface area contributed by atoms with Crippen LogP contribution in [0.5, 0.6) is 5.75 Å². The minimum Gasteiger partial charge on any atom is -0.497 e. The van der Waals surface area contributed by atoms with Crippen LogP contribution >= 0.6 is 0 Å². The summed E-state index contributed by atoms with van der Waals surface area (Å²) in [6.07, 6.45) is 1.43. The van der Waals surface area contributed by atoms with E-state index in [1.807, 2.05) is 55.5 Å². The van der Waals surface area contributed by atoms with Crippen molar-refractivity contribution in [2.24, 2.45) is 0 Å². The Kier molecular flexibility index (Phi) is 4.99. The topological polar surface area (TPSA) is 73.2 Å². The number of nitrogens with one attached hydrogen (secondary N) is 1. The quantitative estimate of drug-likeness (QED) is 0.571. The second kappa shape index (κ2) is 7.75. The number of para-hydroxylation sites is 1. The first kappa shape index (κ1) is 18.7. The fourth-order valence-electron chi connectivity index (χ4n) is 3.37. The number of nitrogens with zero attached hydrogens (tertiary/aromatic N) is 2. The number of rotatable bonds is 5. The zero-order valence-electron chi connectivity index (χ0n) is 16.3.